The van der Waals surface area contributed by atoms with Crippen molar-refractivity contribution in [2.24, 2.45) is 0 Å². The van der Waals surface area contributed by atoms with Crippen LogP contribution in [0.1, 0.15) is 28.1 Å². The monoisotopic (exact) mass is 287 g/mol. The molecule has 0 saturated carbocycles. The Bertz CT molecular complexity index is 486. The molecule has 4 nitrogen and oxygen atoms in total. The van der Waals surface area contributed by atoms with Crippen molar-refractivity contribution in [3.63, 3.8) is 0 Å². The van der Waals surface area contributed by atoms with Crippen molar-refractivity contribution < 1.29 is 14.3 Å². The second-order valence-electron chi connectivity index (χ2n) is 4.24. The lowest BCUT2D eigenvalue weighted by Crippen LogP contribution is -2.40. The summed E-state index contributed by atoms with van der Waals surface area (Å²) in [5.74, 6) is -0.531. The van der Waals surface area contributed by atoms with E-state index in [-0.39, 0.29) is 11.9 Å². The number of rotatable bonds is 2. The van der Waals surface area contributed by atoms with Crippen LogP contribution < -0.4 is 0 Å². The van der Waals surface area contributed by atoms with Gasteiger partial charge in [0.2, 0.25) is 0 Å². The van der Waals surface area contributed by atoms with Crippen LogP contribution >= 0.6 is 22.9 Å². The maximum atomic E-state index is 12.4. The smallest absolute Gasteiger partial charge is 0.328 e. The molecular weight excluding hydrogens is 274 g/mol. The predicted molar refractivity (Wildman–Crippen MR) is 70.1 cm³/mol. The largest absolute Gasteiger partial charge is 0.467 e. The van der Waals surface area contributed by atoms with Gasteiger partial charge < -0.3 is 9.64 Å². The molecule has 1 fully saturated rings. The van der Waals surface area contributed by atoms with Crippen LogP contribution in [0, 0.1) is 6.92 Å². The van der Waals surface area contributed by atoms with E-state index in [1.807, 2.05) is 12.3 Å². The third-order valence-corrected chi connectivity index (χ3v) is 4.77. The van der Waals surface area contributed by atoms with Crippen LogP contribution in [-0.4, -0.2) is 36.5 Å². The van der Waals surface area contributed by atoms with Crippen molar-refractivity contribution in [3.05, 3.63) is 20.8 Å². The van der Waals surface area contributed by atoms with Crippen LogP contribution in [0.4, 0.5) is 0 Å². The summed E-state index contributed by atoms with van der Waals surface area (Å²) in [4.78, 5) is 26.0. The van der Waals surface area contributed by atoms with Gasteiger partial charge in [0.05, 0.1) is 12.1 Å². The van der Waals surface area contributed by atoms with Gasteiger partial charge in [-0.2, -0.15) is 0 Å². The van der Waals surface area contributed by atoms with Gasteiger partial charge in [0.25, 0.3) is 5.91 Å². The van der Waals surface area contributed by atoms with E-state index < -0.39 is 6.04 Å². The fourth-order valence-electron chi connectivity index (χ4n) is 2.10. The first-order chi connectivity index (χ1) is 8.56. The van der Waals surface area contributed by atoms with Gasteiger partial charge in [0.1, 0.15) is 10.9 Å². The fourth-order valence-corrected chi connectivity index (χ4v) is 3.32. The van der Waals surface area contributed by atoms with E-state index in [0.717, 1.165) is 12.0 Å². The lowest BCUT2D eigenvalue weighted by atomic mass is 10.2. The number of aryl methyl sites for hydroxylation is 1. The molecule has 1 aromatic rings. The molecule has 1 saturated heterocycles. The average molecular weight is 288 g/mol. The molecule has 18 heavy (non-hydrogen) atoms. The average Bonchev–Trinajstić information content (AvgIpc) is 2.96. The number of hydrogen-bond donors (Lipinski definition) is 0. The normalized spacial score (nSPS) is 19.1. The van der Waals surface area contributed by atoms with Crippen molar-refractivity contribution in [1.29, 1.82) is 0 Å². The van der Waals surface area contributed by atoms with Gasteiger partial charge in [0, 0.05) is 6.54 Å². The highest BCUT2D eigenvalue weighted by molar-refractivity contribution is 7.13. The number of nitrogens with zero attached hydrogens (tertiary/aromatic N) is 1. The molecule has 1 aliphatic rings. The van der Waals surface area contributed by atoms with Gasteiger partial charge in [-0.25, -0.2) is 4.79 Å². The number of likely N-dealkylation sites (tertiary alicyclic amines) is 1. The molecule has 0 bridgehead atoms. The molecule has 1 amide bonds. The topological polar surface area (TPSA) is 46.6 Å². The summed E-state index contributed by atoms with van der Waals surface area (Å²) >= 11 is 7.41. The molecule has 0 radical (unpaired) electrons. The van der Waals surface area contributed by atoms with E-state index in [1.165, 1.54) is 18.4 Å². The Hall–Kier alpha value is -1.07. The lowest BCUT2D eigenvalue weighted by Gasteiger charge is -2.22. The van der Waals surface area contributed by atoms with Gasteiger partial charge in [0.15, 0.2) is 0 Å². The van der Waals surface area contributed by atoms with Crippen molar-refractivity contribution in [2.75, 3.05) is 13.7 Å². The summed E-state index contributed by atoms with van der Waals surface area (Å²) in [6, 6.07) is -0.471. The number of hydrogen-bond acceptors (Lipinski definition) is 4. The Labute approximate surface area is 114 Å². The molecule has 98 valence electrons. The molecule has 1 aromatic heterocycles. The van der Waals surface area contributed by atoms with Crippen LogP contribution in [0.3, 0.4) is 0 Å². The highest BCUT2D eigenvalue weighted by Crippen LogP contribution is 2.30. The summed E-state index contributed by atoms with van der Waals surface area (Å²) in [5, 5.41) is 2.33. The first-order valence-corrected chi connectivity index (χ1v) is 6.94. The van der Waals surface area contributed by atoms with E-state index in [9.17, 15) is 9.59 Å². The van der Waals surface area contributed by atoms with Crippen LogP contribution in [0.25, 0.3) is 0 Å². The molecule has 0 aromatic carbocycles. The van der Waals surface area contributed by atoms with Crippen LogP contribution in [-0.2, 0) is 9.53 Å². The molecule has 1 aliphatic heterocycles. The molecule has 6 heteroatoms. The Morgan fingerprint density at radius 2 is 2.28 bits per heavy atom. The van der Waals surface area contributed by atoms with Crippen molar-refractivity contribution >= 4 is 34.8 Å². The minimum Gasteiger partial charge on any atom is -0.467 e. The molecular formula is C12H14ClNO3S. The summed E-state index contributed by atoms with van der Waals surface area (Å²) in [6.07, 6.45) is 1.47. The van der Waals surface area contributed by atoms with Gasteiger partial charge in [-0.05, 0) is 30.7 Å². The molecule has 1 unspecified atom stereocenters. The van der Waals surface area contributed by atoms with Crippen molar-refractivity contribution in [2.45, 2.75) is 25.8 Å². The summed E-state index contributed by atoms with van der Waals surface area (Å²) in [5.41, 5.74) is 0.888. The Balaban J connectivity index is 2.23. The first-order valence-electron chi connectivity index (χ1n) is 5.68. The predicted octanol–water partition coefficient (Wildman–Crippen LogP) is 2.49. The summed E-state index contributed by atoms with van der Waals surface area (Å²) in [6.45, 7) is 2.43. The van der Waals surface area contributed by atoms with E-state index in [4.69, 9.17) is 16.3 Å². The standard InChI is InChI=1S/C12H14ClNO3S/c1-7-6-18-10(9(7)13)11(15)14-5-3-4-8(14)12(16)17-2/h6,8H,3-5H2,1-2H3. The van der Waals surface area contributed by atoms with E-state index in [2.05, 4.69) is 0 Å². The van der Waals surface area contributed by atoms with Crippen molar-refractivity contribution in [3.8, 4) is 0 Å². The van der Waals surface area contributed by atoms with E-state index >= 15 is 0 Å². The number of amides is 1. The Morgan fingerprint density at radius 3 is 2.83 bits per heavy atom. The molecule has 1 atom stereocenters. The van der Waals surface area contributed by atoms with E-state index in [1.54, 1.807) is 4.90 Å². The first kappa shape index (κ1) is 13.4. The number of ether oxygens (including phenoxy) is 1. The third kappa shape index (κ3) is 2.24. The van der Waals surface area contributed by atoms with E-state index in [0.29, 0.717) is 22.9 Å². The zero-order valence-electron chi connectivity index (χ0n) is 10.2. The third-order valence-electron chi connectivity index (χ3n) is 3.08. The zero-order chi connectivity index (χ0) is 13.3. The number of methoxy groups -OCH3 is 1. The van der Waals surface area contributed by atoms with Crippen LogP contribution in [0.2, 0.25) is 5.02 Å². The van der Waals surface area contributed by atoms with Crippen LogP contribution in [0.15, 0.2) is 5.38 Å². The Morgan fingerprint density at radius 1 is 1.56 bits per heavy atom. The minimum atomic E-state index is -0.471. The SMILES string of the molecule is COC(=O)C1CCCN1C(=O)c1scc(C)c1Cl. The molecule has 2 heterocycles. The number of carbonyl (C=O) groups excluding carboxylic acids is 2. The van der Waals surface area contributed by atoms with Gasteiger partial charge in [-0.3, -0.25) is 4.79 Å². The number of halogens is 1. The quantitative estimate of drug-likeness (QED) is 0.785. The maximum absolute atomic E-state index is 12.4. The second kappa shape index (κ2) is 5.28. The fraction of sp³-hybridized carbons (Fsp3) is 0.500. The van der Waals surface area contributed by atoms with Gasteiger partial charge in [-0.1, -0.05) is 11.6 Å². The second-order valence-corrected chi connectivity index (χ2v) is 5.50. The zero-order valence-corrected chi connectivity index (χ0v) is 11.8. The number of carbonyl (C=O) groups is 2. The highest BCUT2D eigenvalue weighted by Gasteiger charge is 2.36. The highest BCUT2D eigenvalue weighted by atomic mass is 35.5. The van der Waals surface area contributed by atoms with Crippen molar-refractivity contribution in [1.82, 2.24) is 4.90 Å². The lowest BCUT2D eigenvalue weighted by molar-refractivity contribution is -0.145. The maximum Gasteiger partial charge on any atom is 0.328 e. The van der Waals surface area contributed by atoms with Gasteiger partial charge >= 0.3 is 5.97 Å². The minimum absolute atomic E-state index is 0.175. The molecule has 2 rings (SSSR count). The number of esters is 1. The van der Waals surface area contributed by atoms with Gasteiger partial charge in [-0.15, -0.1) is 11.3 Å². The number of thiophene rings is 1. The summed E-state index contributed by atoms with van der Waals surface area (Å²) < 4.78 is 4.72. The molecule has 0 N–H and O–H groups in total. The Kier molecular flexibility index (Phi) is 3.92. The molecule has 0 spiro atoms. The van der Waals surface area contributed by atoms with Crippen LogP contribution in [0.5, 0.6) is 0 Å². The summed E-state index contributed by atoms with van der Waals surface area (Å²) in [7, 11) is 1.34. The molecule has 0 aliphatic carbocycles.